The van der Waals surface area contributed by atoms with Crippen LogP contribution in [-0.2, 0) is 22.4 Å². The Kier molecular flexibility index (Phi) is 8.25. The minimum atomic E-state index is -0.496. The van der Waals surface area contributed by atoms with Crippen LogP contribution in [0.25, 0.3) is 0 Å². The number of likely N-dealkylation sites (N-methyl/N-ethyl adjacent to an activating group) is 1. The Morgan fingerprint density at radius 3 is 2.04 bits per heavy atom. The first-order chi connectivity index (χ1) is 13.4. The number of hydrogen-bond acceptors (Lipinski definition) is 5. The van der Waals surface area contributed by atoms with Crippen LogP contribution in [0, 0.1) is 0 Å². The number of benzene rings is 2. The molecule has 28 heavy (non-hydrogen) atoms. The van der Waals surface area contributed by atoms with Crippen LogP contribution >= 0.6 is 11.8 Å². The summed E-state index contributed by atoms with van der Waals surface area (Å²) >= 11 is 5.70. The van der Waals surface area contributed by atoms with Gasteiger partial charge >= 0.3 is 0 Å². The van der Waals surface area contributed by atoms with E-state index in [0.29, 0.717) is 24.3 Å². The molecule has 0 aliphatic rings. The summed E-state index contributed by atoms with van der Waals surface area (Å²) < 4.78 is 5.82. The molecule has 1 atom stereocenters. The molecule has 0 saturated heterocycles. The average molecular weight is 406 g/mol. The van der Waals surface area contributed by atoms with Gasteiger partial charge in [-0.25, -0.2) is 10.3 Å². The molecule has 0 fully saturated rings. The van der Waals surface area contributed by atoms with Gasteiger partial charge in [0.25, 0.3) is 0 Å². The van der Waals surface area contributed by atoms with Crippen molar-refractivity contribution in [1.82, 2.24) is 15.2 Å². The zero-order valence-electron chi connectivity index (χ0n) is 15.8. The molecule has 7 nitrogen and oxygen atoms in total. The first-order valence-electron chi connectivity index (χ1n) is 8.79. The number of carbonyl (C=O) groups excluding carboxylic acids is 2. The van der Waals surface area contributed by atoms with Crippen LogP contribution < -0.4 is 15.1 Å². The van der Waals surface area contributed by atoms with E-state index in [0.717, 1.165) is 11.1 Å². The van der Waals surface area contributed by atoms with Crippen molar-refractivity contribution >= 4 is 23.6 Å². The highest BCUT2D eigenvalue weighted by atomic mass is 35.5. The highest BCUT2D eigenvalue weighted by Gasteiger charge is 2.19. The van der Waals surface area contributed by atoms with Crippen molar-refractivity contribution in [3.05, 3.63) is 59.7 Å². The maximum Gasteiger partial charge on any atom is 0.243 e. The smallest absolute Gasteiger partial charge is 0.243 e. The van der Waals surface area contributed by atoms with Crippen molar-refractivity contribution in [2.24, 2.45) is 0 Å². The molecule has 0 unspecified atom stereocenters. The topological polar surface area (TPSA) is 90.9 Å². The van der Waals surface area contributed by atoms with Gasteiger partial charge < -0.3 is 9.64 Å². The van der Waals surface area contributed by atoms with Crippen LogP contribution in [-0.4, -0.2) is 42.1 Å². The lowest BCUT2D eigenvalue weighted by atomic mass is 10.1. The third-order valence-corrected chi connectivity index (χ3v) is 4.42. The summed E-state index contributed by atoms with van der Waals surface area (Å²) in [5.74, 6) is 0.836. The SMILES string of the molecule is CN(C)C(=O)[C@@H](Cc1ccc(Oc2ccc(CCC(=O)NO)cc2)cc1)NCl. The van der Waals surface area contributed by atoms with E-state index in [9.17, 15) is 9.59 Å². The molecule has 0 bridgehead atoms. The van der Waals surface area contributed by atoms with E-state index in [2.05, 4.69) is 4.84 Å². The molecule has 3 N–H and O–H groups in total. The molecule has 2 amide bonds. The largest absolute Gasteiger partial charge is 0.457 e. The first kappa shape index (κ1) is 21.7. The number of carbonyl (C=O) groups is 2. The Morgan fingerprint density at radius 2 is 1.57 bits per heavy atom. The van der Waals surface area contributed by atoms with Crippen LogP contribution in [0.15, 0.2) is 48.5 Å². The summed E-state index contributed by atoms with van der Waals surface area (Å²) in [4.78, 5) is 27.1. The summed E-state index contributed by atoms with van der Waals surface area (Å²) in [5, 5.41) is 8.51. The van der Waals surface area contributed by atoms with E-state index >= 15 is 0 Å². The molecule has 2 aromatic carbocycles. The molecule has 0 aliphatic carbocycles. The fourth-order valence-electron chi connectivity index (χ4n) is 2.59. The summed E-state index contributed by atoms with van der Waals surface area (Å²) in [6, 6.07) is 14.3. The third-order valence-electron chi connectivity index (χ3n) is 4.16. The number of ether oxygens (including phenoxy) is 1. The number of hydroxylamine groups is 1. The molecule has 8 heteroatoms. The average Bonchev–Trinajstić information content (AvgIpc) is 2.71. The van der Waals surface area contributed by atoms with Gasteiger partial charge in [0.15, 0.2) is 0 Å². The van der Waals surface area contributed by atoms with Gasteiger partial charge in [0.1, 0.15) is 17.5 Å². The van der Waals surface area contributed by atoms with E-state index in [1.54, 1.807) is 19.6 Å². The van der Waals surface area contributed by atoms with Crippen molar-refractivity contribution in [3.8, 4) is 11.5 Å². The van der Waals surface area contributed by atoms with Crippen LogP contribution in [0.5, 0.6) is 11.5 Å². The predicted molar refractivity (Wildman–Crippen MR) is 106 cm³/mol. The van der Waals surface area contributed by atoms with Gasteiger partial charge in [0, 0.05) is 20.5 Å². The minimum Gasteiger partial charge on any atom is -0.457 e. The van der Waals surface area contributed by atoms with Crippen molar-refractivity contribution in [3.63, 3.8) is 0 Å². The van der Waals surface area contributed by atoms with Gasteiger partial charge in [0.2, 0.25) is 11.8 Å². The highest BCUT2D eigenvalue weighted by molar-refractivity contribution is 6.15. The number of hydrogen-bond donors (Lipinski definition) is 3. The number of halogens is 1. The monoisotopic (exact) mass is 405 g/mol. The summed E-state index contributed by atoms with van der Waals surface area (Å²) in [6.07, 6.45) is 1.21. The molecule has 150 valence electrons. The van der Waals surface area contributed by atoms with Gasteiger partial charge in [-0.2, -0.15) is 0 Å². The molecule has 0 aromatic heterocycles. The fraction of sp³-hybridized carbons (Fsp3) is 0.300. The molecular weight excluding hydrogens is 382 g/mol. The fourth-order valence-corrected chi connectivity index (χ4v) is 2.76. The lowest BCUT2D eigenvalue weighted by molar-refractivity contribution is -0.130. The molecule has 0 spiro atoms. The Morgan fingerprint density at radius 1 is 1.04 bits per heavy atom. The minimum absolute atomic E-state index is 0.0908. The van der Waals surface area contributed by atoms with E-state index in [4.69, 9.17) is 21.7 Å². The Bertz CT molecular complexity index is 779. The summed E-state index contributed by atoms with van der Waals surface area (Å²) in [6.45, 7) is 0. The van der Waals surface area contributed by atoms with Crippen molar-refractivity contribution < 1.29 is 19.5 Å². The second-order valence-electron chi connectivity index (χ2n) is 6.52. The number of nitrogens with zero attached hydrogens (tertiary/aromatic N) is 1. The van der Waals surface area contributed by atoms with E-state index in [1.807, 2.05) is 48.5 Å². The molecule has 0 heterocycles. The first-order valence-corrected chi connectivity index (χ1v) is 9.16. The second kappa shape index (κ2) is 10.7. The Balaban J connectivity index is 1.93. The normalized spacial score (nSPS) is 11.6. The van der Waals surface area contributed by atoms with E-state index in [1.165, 1.54) is 4.90 Å². The molecule has 0 aliphatic heterocycles. The van der Waals surface area contributed by atoms with E-state index < -0.39 is 11.9 Å². The summed E-state index contributed by atoms with van der Waals surface area (Å²) in [7, 11) is 3.38. The van der Waals surface area contributed by atoms with Crippen LogP contribution in [0.4, 0.5) is 0 Å². The Labute approximate surface area is 169 Å². The van der Waals surface area contributed by atoms with Gasteiger partial charge in [-0.15, -0.1) is 0 Å². The van der Waals surface area contributed by atoms with Crippen LogP contribution in [0.3, 0.4) is 0 Å². The van der Waals surface area contributed by atoms with Crippen LogP contribution in [0.2, 0.25) is 0 Å². The zero-order valence-corrected chi connectivity index (χ0v) is 16.6. The molecular formula is C20H24ClN3O4. The number of rotatable bonds is 9. The third kappa shape index (κ3) is 6.53. The maximum atomic E-state index is 12.0. The molecule has 0 radical (unpaired) electrons. The number of aryl methyl sites for hydroxylation is 1. The standard InChI is InChI=1S/C20H24ClN3O4/c1-24(2)20(26)18(22-21)13-15-5-10-17(11-6-15)28-16-8-3-14(4-9-16)7-12-19(25)23-27/h3-6,8-11,18,22,27H,7,12-13H2,1-2H3,(H,23,25)/t18-/m1/s1. The van der Waals surface area contributed by atoms with Gasteiger partial charge in [-0.3, -0.25) is 14.8 Å². The molecule has 2 rings (SSSR count). The number of amides is 2. The lowest BCUT2D eigenvalue weighted by Gasteiger charge is -2.19. The second-order valence-corrected chi connectivity index (χ2v) is 6.74. The van der Waals surface area contributed by atoms with Crippen LogP contribution in [0.1, 0.15) is 17.5 Å². The number of nitrogens with one attached hydrogen (secondary N) is 2. The van der Waals surface area contributed by atoms with Crippen molar-refractivity contribution in [2.75, 3.05) is 14.1 Å². The van der Waals surface area contributed by atoms with Gasteiger partial charge in [-0.1, -0.05) is 24.3 Å². The molecule has 2 aromatic rings. The van der Waals surface area contributed by atoms with Crippen molar-refractivity contribution in [2.45, 2.75) is 25.3 Å². The highest BCUT2D eigenvalue weighted by Crippen LogP contribution is 2.23. The van der Waals surface area contributed by atoms with Crippen molar-refractivity contribution in [1.29, 1.82) is 0 Å². The zero-order chi connectivity index (χ0) is 20.5. The summed E-state index contributed by atoms with van der Waals surface area (Å²) in [5.41, 5.74) is 3.54. The molecule has 0 saturated carbocycles. The Hall–Kier alpha value is -2.61. The quantitative estimate of drug-likeness (QED) is 0.339. The lowest BCUT2D eigenvalue weighted by Crippen LogP contribution is -2.41. The van der Waals surface area contributed by atoms with Gasteiger partial charge in [-0.05, 0) is 60.0 Å². The van der Waals surface area contributed by atoms with E-state index in [-0.39, 0.29) is 12.3 Å². The maximum absolute atomic E-state index is 12.0. The van der Waals surface area contributed by atoms with Gasteiger partial charge in [0.05, 0.1) is 0 Å². The predicted octanol–water partition coefficient (Wildman–Crippen LogP) is 2.66.